The number of carboxylic acid groups (broad SMARTS) is 1. The Labute approximate surface area is 158 Å². The van der Waals surface area contributed by atoms with Crippen LogP contribution >= 0.6 is 11.3 Å². The molecule has 0 saturated heterocycles. The molecule has 0 saturated carbocycles. The minimum absolute atomic E-state index is 0.135. The molecule has 1 atom stereocenters. The van der Waals surface area contributed by atoms with Crippen molar-refractivity contribution in [1.29, 1.82) is 0 Å². The molecule has 148 valence electrons. The monoisotopic (exact) mass is 402 g/mol. The van der Waals surface area contributed by atoms with E-state index in [0.717, 1.165) is 32.4 Å². The summed E-state index contributed by atoms with van der Waals surface area (Å²) in [5.41, 5.74) is 4.07. The number of fused-ring (bicyclic) bond motifs is 1. The number of alkyl halides is 3. The second-order valence-corrected chi connectivity index (χ2v) is 6.92. The first-order valence-corrected chi connectivity index (χ1v) is 9.42. The zero-order valence-electron chi connectivity index (χ0n) is 14.8. The van der Waals surface area contributed by atoms with Gasteiger partial charge >= 0.3 is 12.1 Å². The van der Waals surface area contributed by atoms with E-state index >= 15 is 0 Å². The Morgan fingerprint density at radius 1 is 1.37 bits per heavy atom. The number of thiophene rings is 1. The Kier molecular flexibility index (Phi) is 7.20. The van der Waals surface area contributed by atoms with Gasteiger partial charge in [0.05, 0.1) is 0 Å². The van der Waals surface area contributed by atoms with Gasteiger partial charge in [-0.15, -0.1) is 0 Å². The summed E-state index contributed by atoms with van der Waals surface area (Å²) in [5, 5.41) is 15.1. The van der Waals surface area contributed by atoms with Crippen molar-refractivity contribution in [1.82, 2.24) is 9.88 Å². The lowest BCUT2D eigenvalue weighted by molar-refractivity contribution is -0.192. The van der Waals surface area contributed by atoms with Crippen molar-refractivity contribution < 1.29 is 23.1 Å². The summed E-state index contributed by atoms with van der Waals surface area (Å²) in [7, 11) is 0. The maximum atomic E-state index is 11.8. The molecule has 0 aromatic carbocycles. The number of pyridine rings is 1. The van der Waals surface area contributed by atoms with Crippen LogP contribution in [0.4, 0.5) is 13.2 Å². The summed E-state index contributed by atoms with van der Waals surface area (Å²) in [6.45, 7) is 3.76. The highest BCUT2D eigenvalue weighted by molar-refractivity contribution is 7.07. The summed E-state index contributed by atoms with van der Waals surface area (Å²) in [6.07, 6.45) is -1.94. The van der Waals surface area contributed by atoms with Crippen LogP contribution in [0.15, 0.2) is 33.8 Å². The molecule has 0 radical (unpaired) electrons. The van der Waals surface area contributed by atoms with E-state index in [-0.39, 0.29) is 5.56 Å². The first kappa shape index (κ1) is 21.2. The van der Waals surface area contributed by atoms with Crippen molar-refractivity contribution >= 4 is 17.3 Å². The molecule has 0 aliphatic heterocycles. The molecular weight excluding hydrogens is 381 g/mol. The molecule has 0 fully saturated rings. The molecular formula is C18H21F3N2O3S. The zero-order valence-corrected chi connectivity index (χ0v) is 15.6. The molecule has 1 aliphatic carbocycles. The molecule has 2 N–H and O–H groups in total. The largest absolute Gasteiger partial charge is 0.490 e. The molecule has 5 nitrogen and oxygen atoms in total. The molecule has 2 aromatic rings. The van der Waals surface area contributed by atoms with Crippen LogP contribution in [0.3, 0.4) is 0 Å². The van der Waals surface area contributed by atoms with E-state index in [1.165, 1.54) is 16.8 Å². The van der Waals surface area contributed by atoms with Crippen molar-refractivity contribution in [2.75, 3.05) is 0 Å². The van der Waals surface area contributed by atoms with E-state index in [2.05, 4.69) is 22.1 Å². The summed E-state index contributed by atoms with van der Waals surface area (Å²) >= 11 is 1.74. The minimum atomic E-state index is -5.08. The zero-order chi connectivity index (χ0) is 20.0. The lowest BCUT2D eigenvalue weighted by Gasteiger charge is -2.27. The summed E-state index contributed by atoms with van der Waals surface area (Å²) in [4.78, 5) is 20.7. The van der Waals surface area contributed by atoms with Crippen LogP contribution in [0.25, 0.3) is 0 Å². The van der Waals surface area contributed by atoms with Gasteiger partial charge in [-0.25, -0.2) is 4.79 Å². The molecule has 2 aromatic heterocycles. The van der Waals surface area contributed by atoms with Crippen LogP contribution < -0.4 is 10.9 Å². The first-order valence-electron chi connectivity index (χ1n) is 8.48. The third kappa shape index (κ3) is 5.93. The molecule has 0 bridgehead atoms. The predicted octanol–water partition coefficient (Wildman–Crippen LogP) is 3.21. The highest BCUT2D eigenvalue weighted by Gasteiger charge is 2.38. The van der Waals surface area contributed by atoms with E-state index < -0.39 is 12.1 Å². The second kappa shape index (κ2) is 9.18. The molecule has 0 spiro atoms. The standard InChI is InChI=1S/C16H20N2OS.C2HF3O2/c1-2-18-15-5-4-14(9-13(15)3-6-16(18)19)17-10-12-7-8-20-11-12;3-2(4,5)1(6)7/h3,6-8,11,14,17H,2,4-5,9-10H2,1H3;(H,6,7). The highest BCUT2D eigenvalue weighted by atomic mass is 32.1. The van der Waals surface area contributed by atoms with Crippen LogP contribution in [-0.2, 0) is 30.7 Å². The van der Waals surface area contributed by atoms with Gasteiger partial charge in [-0.05, 0) is 54.1 Å². The third-order valence-electron chi connectivity index (χ3n) is 4.32. The molecule has 3 rings (SSSR count). The van der Waals surface area contributed by atoms with Gasteiger partial charge in [0.2, 0.25) is 0 Å². The van der Waals surface area contributed by atoms with Crippen LogP contribution in [-0.4, -0.2) is 27.9 Å². The van der Waals surface area contributed by atoms with Gasteiger partial charge in [-0.1, -0.05) is 6.07 Å². The summed E-state index contributed by atoms with van der Waals surface area (Å²) in [5.74, 6) is -2.76. The maximum absolute atomic E-state index is 11.8. The van der Waals surface area contributed by atoms with Crippen molar-refractivity contribution in [3.05, 3.63) is 56.1 Å². The Hall–Kier alpha value is -2.13. The van der Waals surface area contributed by atoms with E-state index in [4.69, 9.17) is 9.90 Å². The van der Waals surface area contributed by atoms with Gasteiger partial charge in [0.25, 0.3) is 5.56 Å². The van der Waals surface area contributed by atoms with Crippen LogP contribution in [0.5, 0.6) is 0 Å². The number of nitrogens with one attached hydrogen (secondary N) is 1. The average Bonchev–Trinajstić information content (AvgIpc) is 3.13. The van der Waals surface area contributed by atoms with Crippen LogP contribution in [0.2, 0.25) is 0 Å². The summed E-state index contributed by atoms with van der Waals surface area (Å²) in [6, 6.07) is 6.42. The number of hydrogen-bond donors (Lipinski definition) is 2. The van der Waals surface area contributed by atoms with Crippen molar-refractivity contribution in [3.63, 3.8) is 0 Å². The summed E-state index contributed by atoms with van der Waals surface area (Å²) < 4.78 is 33.7. The smallest absolute Gasteiger partial charge is 0.475 e. The minimum Gasteiger partial charge on any atom is -0.475 e. The van der Waals surface area contributed by atoms with Crippen molar-refractivity contribution in [2.45, 2.75) is 51.5 Å². The molecule has 1 unspecified atom stereocenters. The fourth-order valence-electron chi connectivity index (χ4n) is 3.00. The number of aliphatic carboxylic acids is 1. The maximum Gasteiger partial charge on any atom is 0.490 e. The van der Waals surface area contributed by atoms with Gasteiger partial charge < -0.3 is 15.0 Å². The second-order valence-electron chi connectivity index (χ2n) is 6.14. The number of nitrogens with zero attached hydrogens (tertiary/aromatic N) is 1. The molecule has 1 aliphatic rings. The van der Waals surface area contributed by atoms with E-state index in [1.807, 2.05) is 17.6 Å². The molecule has 27 heavy (non-hydrogen) atoms. The number of carboxylic acids is 1. The van der Waals surface area contributed by atoms with Gasteiger partial charge in [-0.3, -0.25) is 4.79 Å². The van der Waals surface area contributed by atoms with Crippen LogP contribution in [0, 0.1) is 0 Å². The van der Waals surface area contributed by atoms with Crippen molar-refractivity contribution in [2.24, 2.45) is 0 Å². The van der Waals surface area contributed by atoms with E-state index in [1.54, 1.807) is 17.4 Å². The lowest BCUT2D eigenvalue weighted by Crippen LogP contribution is -2.36. The quantitative estimate of drug-likeness (QED) is 0.824. The Morgan fingerprint density at radius 3 is 2.63 bits per heavy atom. The Balaban J connectivity index is 0.000000321. The van der Waals surface area contributed by atoms with Crippen molar-refractivity contribution in [3.8, 4) is 0 Å². The molecule has 2 heterocycles. The van der Waals surface area contributed by atoms with Gasteiger partial charge in [0.1, 0.15) is 0 Å². The Morgan fingerprint density at radius 2 is 2.07 bits per heavy atom. The average molecular weight is 402 g/mol. The number of hydrogen-bond acceptors (Lipinski definition) is 4. The van der Waals surface area contributed by atoms with Gasteiger partial charge in [0.15, 0.2) is 0 Å². The fraction of sp³-hybridized carbons (Fsp3) is 0.444. The molecule has 0 amide bonds. The number of aromatic nitrogens is 1. The SMILES string of the molecule is CCn1c2c(ccc1=O)CC(NCc1ccsc1)CC2.O=C(O)C(F)(F)F. The Bertz CT molecular complexity index is 816. The highest BCUT2D eigenvalue weighted by Crippen LogP contribution is 2.20. The third-order valence-corrected chi connectivity index (χ3v) is 5.05. The van der Waals surface area contributed by atoms with E-state index in [9.17, 15) is 18.0 Å². The predicted molar refractivity (Wildman–Crippen MR) is 97.0 cm³/mol. The number of halogens is 3. The van der Waals surface area contributed by atoms with Gasteiger partial charge in [0, 0.05) is 30.9 Å². The lowest BCUT2D eigenvalue weighted by atomic mass is 9.91. The fourth-order valence-corrected chi connectivity index (χ4v) is 3.67. The van der Waals surface area contributed by atoms with Gasteiger partial charge in [-0.2, -0.15) is 24.5 Å². The topological polar surface area (TPSA) is 71.3 Å². The molecule has 9 heteroatoms. The van der Waals surface area contributed by atoms with Crippen LogP contribution in [0.1, 0.15) is 30.2 Å². The number of rotatable bonds is 4. The first-order chi connectivity index (χ1) is 12.7. The number of carbonyl (C=O) groups is 1. The normalized spacial score (nSPS) is 16.2. The van der Waals surface area contributed by atoms with E-state index in [0.29, 0.717) is 6.04 Å².